The molecule has 94 valence electrons. The minimum Gasteiger partial charge on any atom is -0.399 e. The SMILES string of the molecule is CCCc1ccc(NCc2ccc(N)cc2)cc1. The summed E-state index contributed by atoms with van der Waals surface area (Å²) in [5.74, 6) is 0. The molecule has 0 aromatic heterocycles. The molecule has 0 amide bonds. The molecule has 0 spiro atoms. The van der Waals surface area contributed by atoms with Gasteiger partial charge in [0.1, 0.15) is 0 Å². The Bertz CT molecular complexity index is 471. The fourth-order valence-corrected chi connectivity index (χ4v) is 1.92. The molecular weight excluding hydrogens is 220 g/mol. The van der Waals surface area contributed by atoms with Gasteiger partial charge in [-0.1, -0.05) is 37.6 Å². The van der Waals surface area contributed by atoms with E-state index in [0.717, 1.165) is 24.3 Å². The van der Waals surface area contributed by atoms with Gasteiger partial charge >= 0.3 is 0 Å². The third kappa shape index (κ3) is 3.52. The van der Waals surface area contributed by atoms with Crippen molar-refractivity contribution < 1.29 is 0 Å². The van der Waals surface area contributed by atoms with Gasteiger partial charge < -0.3 is 11.1 Å². The van der Waals surface area contributed by atoms with E-state index in [2.05, 4.69) is 36.5 Å². The van der Waals surface area contributed by atoms with Crippen molar-refractivity contribution in [2.24, 2.45) is 0 Å². The molecule has 0 atom stereocenters. The Hall–Kier alpha value is -1.96. The number of aryl methyl sites for hydroxylation is 1. The predicted molar refractivity (Wildman–Crippen MR) is 78.6 cm³/mol. The first-order valence-electron chi connectivity index (χ1n) is 6.45. The molecule has 0 heterocycles. The molecule has 0 radical (unpaired) electrons. The molecule has 18 heavy (non-hydrogen) atoms. The summed E-state index contributed by atoms with van der Waals surface area (Å²) < 4.78 is 0. The fourth-order valence-electron chi connectivity index (χ4n) is 1.92. The second-order valence-electron chi connectivity index (χ2n) is 4.54. The topological polar surface area (TPSA) is 38.0 Å². The van der Waals surface area contributed by atoms with Gasteiger partial charge in [-0.2, -0.15) is 0 Å². The second-order valence-corrected chi connectivity index (χ2v) is 4.54. The van der Waals surface area contributed by atoms with Crippen molar-refractivity contribution in [2.75, 3.05) is 11.1 Å². The van der Waals surface area contributed by atoms with Crippen LogP contribution in [0.5, 0.6) is 0 Å². The highest BCUT2D eigenvalue weighted by atomic mass is 14.9. The van der Waals surface area contributed by atoms with Crippen LogP contribution in [0, 0.1) is 0 Å². The molecule has 0 fully saturated rings. The zero-order valence-electron chi connectivity index (χ0n) is 10.8. The maximum absolute atomic E-state index is 5.66. The Balaban J connectivity index is 1.91. The smallest absolute Gasteiger partial charge is 0.0400 e. The van der Waals surface area contributed by atoms with Gasteiger partial charge in [0, 0.05) is 17.9 Å². The van der Waals surface area contributed by atoms with Crippen molar-refractivity contribution in [3.8, 4) is 0 Å². The van der Waals surface area contributed by atoms with Crippen LogP contribution < -0.4 is 11.1 Å². The van der Waals surface area contributed by atoms with Crippen molar-refractivity contribution in [3.05, 3.63) is 59.7 Å². The van der Waals surface area contributed by atoms with E-state index in [9.17, 15) is 0 Å². The average molecular weight is 240 g/mol. The first-order chi connectivity index (χ1) is 8.78. The molecule has 3 N–H and O–H groups in total. The Labute approximate surface area is 109 Å². The summed E-state index contributed by atoms with van der Waals surface area (Å²) in [6.07, 6.45) is 2.34. The first-order valence-corrected chi connectivity index (χ1v) is 6.45. The molecular formula is C16H20N2. The van der Waals surface area contributed by atoms with Gasteiger partial charge in [-0.15, -0.1) is 0 Å². The zero-order valence-corrected chi connectivity index (χ0v) is 10.8. The quantitative estimate of drug-likeness (QED) is 0.779. The van der Waals surface area contributed by atoms with Gasteiger partial charge in [-0.3, -0.25) is 0 Å². The number of nitrogens with two attached hydrogens (primary N) is 1. The Kier molecular flexibility index (Phi) is 4.24. The van der Waals surface area contributed by atoms with Crippen LogP contribution >= 0.6 is 0 Å². The van der Waals surface area contributed by atoms with Crippen LogP contribution in [0.2, 0.25) is 0 Å². The maximum atomic E-state index is 5.66. The highest BCUT2D eigenvalue weighted by Crippen LogP contribution is 2.13. The second kappa shape index (κ2) is 6.10. The standard InChI is InChI=1S/C16H20N2/c1-2-3-13-6-10-16(11-7-13)18-12-14-4-8-15(17)9-5-14/h4-11,18H,2-3,12,17H2,1H3. The molecule has 2 rings (SSSR count). The van der Waals surface area contributed by atoms with E-state index in [0.29, 0.717) is 0 Å². The lowest BCUT2D eigenvalue weighted by molar-refractivity contribution is 0.922. The minimum absolute atomic E-state index is 0.808. The third-order valence-electron chi connectivity index (χ3n) is 2.97. The van der Waals surface area contributed by atoms with Crippen molar-refractivity contribution in [1.29, 1.82) is 0 Å². The van der Waals surface area contributed by atoms with Crippen LogP contribution in [0.3, 0.4) is 0 Å². The summed E-state index contributed by atoms with van der Waals surface area (Å²) in [7, 11) is 0. The number of rotatable bonds is 5. The van der Waals surface area contributed by atoms with E-state index < -0.39 is 0 Å². The van der Waals surface area contributed by atoms with Crippen LogP contribution in [0.4, 0.5) is 11.4 Å². The van der Waals surface area contributed by atoms with Gasteiger partial charge in [0.05, 0.1) is 0 Å². The Morgan fingerprint density at radius 2 is 1.50 bits per heavy atom. The number of nitrogens with one attached hydrogen (secondary N) is 1. The maximum Gasteiger partial charge on any atom is 0.0400 e. The fraction of sp³-hybridized carbons (Fsp3) is 0.250. The summed E-state index contributed by atoms with van der Waals surface area (Å²) in [6.45, 7) is 3.03. The van der Waals surface area contributed by atoms with E-state index in [4.69, 9.17) is 5.73 Å². The summed E-state index contributed by atoms with van der Waals surface area (Å²) in [6, 6.07) is 16.6. The van der Waals surface area contributed by atoms with E-state index in [-0.39, 0.29) is 0 Å². The monoisotopic (exact) mass is 240 g/mol. The van der Waals surface area contributed by atoms with Gasteiger partial charge in [0.25, 0.3) is 0 Å². The molecule has 2 nitrogen and oxygen atoms in total. The van der Waals surface area contributed by atoms with Gasteiger partial charge in [0.15, 0.2) is 0 Å². The average Bonchev–Trinajstić information content (AvgIpc) is 2.40. The number of benzene rings is 2. The molecule has 2 aromatic rings. The zero-order chi connectivity index (χ0) is 12.8. The predicted octanol–water partition coefficient (Wildman–Crippen LogP) is 3.83. The first kappa shape index (κ1) is 12.5. The summed E-state index contributed by atoms with van der Waals surface area (Å²) in [4.78, 5) is 0. The summed E-state index contributed by atoms with van der Waals surface area (Å²) in [5.41, 5.74) is 10.3. The van der Waals surface area contributed by atoms with Gasteiger partial charge in [0.2, 0.25) is 0 Å². The van der Waals surface area contributed by atoms with Crippen molar-refractivity contribution >= 4 is 11.4 Å². The van der Waals surface area contributed by atoms with Crippen LogP contribution in [-0.4, -0.2) is 0 Å². The number of anilines is 2. The van der Waals surface area contributed by atoms with Crippen LogP contribution in [-0.2, 0) is 13.0 Å². The Morgan fingerprint density at radius 3 is 2.11 bits per heavy atom. The molecule has 0 aliphatic heterocycles. The van der Waals surface area contributed by atoms with E-state index in [1.54, 1.807) is 0 Å². The number of hydrogen-bond acceptors (Lipinski definition) is 2. The minimum atomic E-state index is 0.808. The van der Waals surface area contributed by atoms with E-state index in [1.165, 1.54) is 17.5 Å². The Morgan fingerprint density at radius 1 is 0.889 bits per heavy atom. The van der Waals surface area contributed by atoms with Crippen molar-refractivity contribution in [2.45, 2.75) is 26.3 Å². The molecule has 0 aliphatic rings. The number of nitrogen functional groups attached to an aromatic ring is 1. The van der Waals surface area contributed by atoms with Gasteiger partial charge in [-0.05, 0) is 41.8 Å². The van der Waals surface area contributed by atoms with Crippen molar-refractivity contribution in [3.63, 3.8) is 0 Å². The molecule has 0 bridgehead atoms. The van der Waals surface area contributed by atoms with E-state index >= 15 is 0 Å². The van der Waals surface area contributed by atoms with E-state index in [1.807, 2.05) is 24.3 Å². The largest absolute Gasteiger partial charge is 0.399 e. The van der Waals surface area contributed by atoms with Crippen molar-refractivity contribution in [1.82, 2.24) is 0 Å². The van der Waals surface area contributed by atoms with Crippen LogP contribution in [0.15, 0.2) is 48.5 Å². The summed E-state index contributed by atoms with van der Waals surface area (Å²) >= 11 is 0. The van der Waals surface area contributed by atoms with Crippen LogP contribution in [0.1, 0.15) is 24.5 Å². The molecule has 0 unspecified atom stereocenters. The molecule has 0 saturated carbocycles. The third-order valence-corrected chi connectivity index (χ3v) is 2.97. The van der Waals surface area contributed by atoms with Crippen LogP contribution in [0.25, 0.3) is 0 Å². The highest BCUT2D eigenvalue weighted by molar-refractivity contribution is 5.46. The molecule has 2 heteroatoms. The summed E-state index contributed by atoms with van der Waals surface area (Å²) in [5, 5.41) is 3.41. The lowest BCUT2D eigenvalue weighted by Gasteiger charge is -2.07. The molecule has 0 saturated heterocycles. The molecule has 2 aromatic carbocycles. The highest BCUT2D eigenvalue weighted by Gasteiger charge is 1.95. The number of hydrogen-bond donors (Lipinski definition) is 2. The molecule has 0 aliphatic carbocycles. The van der Waals surface area contributed by atoms with Gasteiger partial charge in [-0.25, -0.2) is 0 Å². The normalized spacial score (nSPS) is 10.3. The lowest BCUT2D eigenvalue weighted by Crippen LogP contribution is -1.99. The lowest BCUT2D eigenvalue weighted by atomic mass is 10.1.